The second-order valence-corrected chi connectivity index (χ2v) is 7.05. The third kappa shape index (κ3) is 5.19. The van der Waals surface area contributed by atoms with Crippen molar-refractivity contribution in [3.63, 3.8) is 0 Å². The first-order valence-electron chi connectivity index (χ1n) is 9.15. The van der Waals surface area contributed by atoms with E-state index in [9.17, 15) is 9.59 Å². The second kappa shape index (κ2) is 8.34. The number of nitrogens with zero attached hydrogens (tertiary/aromatic N) is 1. The highest BCUT2D eigenvalue weighted by Crippen LogP contribution is 2.26. The molecule has 1 aromatic carbocycles. The first-order chi connectivity index (χ1) is 12.1. The lowest BCUT2D eigenvalue weighted by molar-refractivity contribution is -0.123. The Labute approximate surface area is 148 Å². The molecular weight excluding hydrogens is 318 g/mol. The fourth-order valence-electron chi connectivity index (χ4n) is 3.49. The van der Waals surface area contributed by atoms with Crippen molar-refractivity contribution in [2.75, 3.05) is 38.1 Å². The molecular formula is C19H27N3O3. The Morgan fingerprint density at radius 2 is 2.28 bits per heavy atom. The fraction of sp³-hybridized carbons (Fsp3) is 0.579. The summed E-state index contributed by atoms with van der Waals surface area (Å²) in [6.07, 6.45) is 3.75. The van der Waals surface area contributed by atoms with Crippen molar-refractivity contribution in [1.29, 1.82) is 0 Å². The molecule has 1 aromatic rings. The molecule has 3 rings (SSSR count). The van der Waals surface area contributed by atoms with Crippen molar-refractivity contribution >= 4 is 17.5 Å². The minimum Gasteiger partial charge on any atom is -0.484 e. The van der Waals surface area contributed by atoms with E-state index in [4.69, 9.17) is 4.74 Å². The van der Waals surface area contributed by atoms with Gasteiger partial charge >= 0.3 is 0 Å². The number of likely N-dealkylation sites (tertiary alicyclic amines) is 1. The van der Waals surface area contributed by atoms with E-state index in [0.29, 0.717) is 25.1 Å². The van der Waals surface area contributed by atoms with Gasteiger partial charge in [0.2, 0.25) is 5.91 Å². The predicted molar refractivity (Wildman–Crippen MR) is 96.7 cm³/mol. The number of hydrogen-bond acceptors (Lipinski definition) is 4. The van der Waals surface area contributed by atoms with Gasteiger partial charge < -0.3 is 20.3 Å². The Bertz CT molecular complexity index is 632. The van der Waals surface area contributed by atoms with Gasteiger partial charge in [0.25, 0.3) is 5.91 Å². The van der Waals surface area contributed by atoms with Gasteiger partial charge in [0.1, 0.15) is 5.75 Å². The van der Waals surface area contributed by atoms with E-state index in [1.165, 1.54) is 12.8 Å². The summed E-state index contributed by atoms with van der Waals surface area (Å²) in [6.45, 7) is 6.10. The summed E-state index contributed by atoms with van der Waals surface area (Å²) in [4.78, 5) is 25.7. The molecule has 6 nitrogen and oxygen atoms in total. The van der Waals surface area contributed by atoms with Crippen LogP contribution in [-0.2, 0) is 16.0 Å². The second-order valence-electron chi connectivity index (χ2n) is 7.05. The number of benzene rings is 1. The van der Waals surface area contributed by atoms with Crippen LogP contribution in [0.2, 0.25) is 0 Å². The summed E-state index contributed by atoms with van der Waals surface area (Å²) < 4.78 is 5.58. The lowest BCUT2D eigenvalue weighted by atomic mass is 10.0. The van der Waals surface area contributed by atoms with Crippen molar-refractivity contribution in [2.45, 2.75) is 32.6 Å². The van der Waals surface area contributed by atoms with Crippen LogP contribution in [0, 0.1) is 5.92 Å². The molecule has 0 bridgehead atoms. The van der Waals surface area contributed by atoms with Gasteiger partial charge in [-0.05, 0) is 55.5 Å². The van der Waals surface area contributed by atoms with E-state index in [2.05, 4.69) is 22.5 Å². The Balaban J connectivity index is 1.38. The Morgan fingerprint density at radius 3 is 3.12 bits per heavy atom. The standard InChI is InChI=1S/C19H27N3O3/c1-14-3-2-9-22(12-14)10-8-20-19(24)13-25-16-5-6-17-15(11-16)4-7-18(23)21-17/h5-6,11,14H,2-4,7-10,12-13H2,1H3,(H,20,24)(H,21,23)/t14-/m0/s1. The van der Waals surface area contributed by atoms with E-state index >= 15 is 0 Å². The number of nitrogens with one attached hydrogen (secondary N) is 2. The van der Waals surface area contributed by atoms with E-state index in [1.807, 2.05) is 12.1 Å². The predicted octanol–water partition coefficient (Wildman–Crippen LogP) is 1.80. The number of fused-ring (bicyclic) bond motifs is 1. The van der Waals surface area contributed by atoms with Gasteiger partial charge in [0.15, 0.2) is 6.61 Å². The third-order valence-corrected chi connectivity index (χ3v) is 4.83. The molecule has 0 aromatic heterocycles. The molecule has 1 saturated heterocycles. The minimum absolute atomic E-state index is 0.0154. The molecule has 0 aliphatic carbocycles. The van der Waals surface area contributed by atoms with Crippen LogP contribution in [0.15, 0.2) is 18.2 Å². The molecule has 0 unspecified atom stereocenters. The summed E-state index contributed by atoms with van der Waals surface area (Å²) in [5.41, 5.74) is 1.89. The molecule has 2 heterocycles. The van der Waals surface area contributed by atoms with Crippen molar-refractivity contribution in [2.24, 2.45) is 5.92 Å². The minimum atomic E-state index is -0.101. The number of aryl methyl sites for hydroxylation is 1. The number of carbonyl (C=O) groups is 2. The quantitative estimate of drug-likeness (QED) is 0.825. The maximum atomic E-state index is 11.9. The zero-order valence-electron chi connectivity index (χ0n) is 14.8. The molecule has 1 atom stereocenters. The molecule has 6 heteroatoms. The third-order valence-electron chi connectivity index (χ3n) is 4.83. The van der Waals surface area contributed by atoms with E-state index < -0.39 is 0 Å². The smallest absolute Gasteiger partial charge is 0.257 e. The van der Waals surface area contributed by atoms with Gasteiger partial charge in [-0.1, -0.05) is 6.92 Å². The highest BCUT2D eigenvalue weighted by Gasteiger charge is 2.17. The topological polar surface area (TPSA) is 70.7 Å². The molecule has 2 aliphatic heterocycles. The highest BCUT2D eigenvalue weighted by molar-refractivity contribution is 5.94. The monoisotopic (exact) mass is 345 g/mol. The maximum Gasteiger partial charge on any atom is 0.257 e. The molecule has 136 valence electrons. The Hall–Kier alpha value is -2.08. The zero-order valence-corrected chi connectivity index (χ0v) is 14.8. The van der Waals surface area contributed by atoms with Crippen LogP contribution in [0.25, 0.3) is 0 Å². The number of rotatable bonds is 6. The van der Waals surface area contributed by atoms with Gasteiger partial charge in [-0.2, -0.15) is 0 Å². The molecule has 0 saturated carbocycles. The number of ether oxygens (including phenoxy) is 1. The van der Waals surface area contributed by atoms with Crippen LogP contribution in [0.3, 0.4) is 0 Å². The normalized spacial score (nSPS) is 20.5. The van der Waals surface area contributed by atoms with Crippen LogP contribution in [0.4, 0.5) is 5.69 Å². The zero-order chi connectivity index (χ0) is 17.6. The molecule has 2 aliphatic rings. The molecule has 0 spiro atoms. The highest BCUT2D eigenvalue weighted by atomic mass is 16.5. The van der Waals surface area contributed by atoms with Gasteiger partial charge in [-0.15, -0.1) is 0 Å². The number of carbonyl (C=O) groups excluding carboxylic acids is 2. The van der Waals surface area contributed by atoms with Gasteiger partial charge in [0, 0.05) is 31.7 Å². The SMILES string of the molecule is C[C@H]1CCCN(CCNC(=O)COc2ccc3c(c2)CCC(=O)N3)C1. The number of piperidine rings is 1. The van der Waals surface area contributed by atoms with Crippen LogP contribution in [-0.4, -0.2) is 49.5 Å². The summed E-state index contributed by atoms with van der Waals surface area (Å²) in [6, 6.07) is 5.52. The molecule has 0 radical (unpaired) electrons. The maximum absolute atomic E-state index is 11.9. The van der Waals surface area contributed by atoms with Crippen molar-refractivity contribution in [3.05, 3.63) is 23.8 Å². The van der Waals surface area contributed by atoms with E-state index in [-0.39, 0.29) is 18.4 Å². The Kier molecular flexibility index (Phi) is 5.91. The lowest BCUT2D eigenvalue weighted by Crippen LogP contribution is -2.41. The molecule has 2 amide bonds. The van der Waals surface area contributed by atoms with Crippen molar-refractivity contribution in [1.82, 2.24) is 10.2 Å². The van der Waals surface area contributed by atoms with Crippen LogP contribution < -0.4 is 15.4 Å². The summed E-state index contributed by atoms with van der Waals surface area (Å²) in [5.74, 6) is 1.36. The first-order valence-corrected chi connectivity index (χ1v) is 9.15. The average Bonchev–Trinajstić information content (AvgIpc) is 2.60. The molecule has 2 N–H and O–H groups in total. The summed E-state index contributed by atoms with van der Waals surface area (Å²) in [5, 5.41) is 5.76. The van der Waals surface area contributed by atoms with E-state index in [1.54, 1.807) is 6.07 Å². The van der Waals surface area contributed by atoms with Crippen LogP contribution in [0.1, 0.15) is 31.7 Å². The summed E-state index contributed by atoms with van der Waals surface area (Å²) >= 11 is 0. The number of anilines is 1. The summed E-state index contributed by atoms with van der Waals surface area (Å²) in [7, 11) is 0. The number of amides is 2. The fourth-order valence-corrected chi connectivity index (χ4v) is 3.49. The van der Waals surface area contributed by atoms with Crippen molar-refractivity contribution in [3.8, 4) is 5.75 Å². The largest absolute Gasteiger partial charge is 0.484 e. The average molecular weight is 345 g/mol. The van der Waals surface area contributed by atoms with Crippen molar-refractivity contribution < 1.29 is 14.3 Å². The van der Waals surface area contributed by atoms with Gasteiger partial charge in [-0.3, -0.25) is 9.59 Å². The Morgan fingerprint density at radius 1 is 1.40 bits per heavy atom. The molecule has 25 heavy (non-hydrogen) atoms. The van der Waals surface area contributed by atoms with Crippen LogP contribution in [0.5, 0.6) is 5.75 Å². The first kappa shape index (κ1) is 17.7. The van der Waals surface area contributed by atoms with Crippen LogP contribution >= 0.6 is 0 Å². The lowest BCUT2D eigenvalue weighted by Gasteiger charge is -2.30. The van der Waals surface area contributed by atoms with Gasteiger partial charge in [-0.25, -0.2) is 0 Å². The molecule has 1 fully saturated rings. The van der Waals surface area contributed by atoms with E-state index in [0.717, 1.165) is 36.8 Å². The van der Waals surface area contributed by atoms with Gasteiger partial charge in [0.05, 0.1) is 0 Å². The number of hydrogen-bond donors (Lipinski definition) is 2.